The maximum Gasteiger partial charge on any atom is 0.0673 e. The zero-order valence-corrected chi connectivity index (χ0v) is 12.9. The van der Waals surface area contributed by atoms with Crippen molar-refractivity contribution in [2.45, 2.75) is 39.7 Å². The molecule has 0 aliphatic rings. The predicted molar refractivity (Wildman–Crippen MR) is 85.0 cm³/mol. The molecule has 2 aromatic rings. The molecule has 102 valence electrons. The van der Waals surface area contributed by atoms with E-state index in [1.165, 1.54) is 20.9 Å². The van der Waals surface area contributed by atoms with Crippen LogP contribution in [0.3, 0.4) is 0 Å². The average Bonchev–Trinajstić information content (AvgIpc) is 2.86. The Labute approximate surface area is 120 Å². The first-order valence-electron chi connectivity index (χ1n) is 7.13. The summed E-state index contributed by atoms with van der Waals surface area (Å²) in [7, 11) is 0. The SMILES string of the molecule is CCCNC(c1ccc(C)s1)c1ccccc1CC. The number of rotatable bonds is 6. The summed E-state index contributed by atoms with van der Waals surface area (Å²) in [5.74, 6) is 0. The molecule has 1 aromatic carbocycles. The van der Waals surface area contributed by atoms with E-state index in [4.69, 9.17) is 0 Å². The minimum Gasteiger partial charge on any atom is -0.306 e. The lowest BCUT2D eigenvalue weighted by Crippen LogP contribution is -2.23. The van der Waals surface area contributed by atoms with E-state index in [1.807, 2.05) is 11.3 Å². The van der Waals surface area contributed by atoms with E-state index in [1.54, 1.807) is 0 Å². The molecule has 0 radical (unpaired) electrons. The van der Waals surface area contributed by atoms with E-state index in [0.717, 1.165) is 19.4 Å². The van der Waals surface area contributed by atoms with Crippen molar-refractivity contribution in [3.8, 4) is 0 Å². The molecular weight excluding hydrogens is 250 g/mol. The van der Waals surface area contributed by atoms with Gasteiger partial charge in [-0.05, 0) is 49.6 Å². The van der Waals surface area contributed by atoms with Crippen LogP contribution < -0.4 is 5.32 Å². The van der Waals surface area contributed by atoms with Crippen LogP contribution in [-0.4, -0.2) is 6.54 Å². The van der Waals surface area contributed by atoms with Crippen LogP contribution >= 0.6 is 11.3 Å². The van der Waals surface area contributed by atoms with Gasteiger partial charge in [0.05, 0.1) is 6.04 Å². The van der Waals surface area contributed by atoms with E-state index in [-0.39, 0.29) is 0 Å². The van der Waals surface area contributed by atoms with Gasteiger partial charge in [0.25, 0.3) is 0 Å². The maximum absolute atomic E-state index is 3.70. The summed E-state index contributed by atoms with van der Waals surface area (Å²) in [4.78, 5) is 2.80. The summed E-state index contributed by atoms with van der Waals surface area (Å²) in [6, 6.07) is 13.6. The summed E-state index contributed by atoms with van der Waals surface area (Å²) in [5.41, 5.74) is 2.88. The lowest BCUT2D eigenvalue weighted by Gasteiger charge is -2.20. The lowest BCUT2D eigenvalue weighted by atomic mass is 9.97. The Morgan fingerprint density at radius 2 is 1.89 bits per heavy atom. The summed E-state index contributed by atoms with van der Waals surface area (Å²) >= 11 is 1.90. The van der Waals surface area contributed by atoms with Gasteiger partial charge >= 0.3 is 0 Å². The molecule has 0 amide bonds. The summed E-state index contributed by atoms with van der Waals surface area (Å²) in [6.45, 7) is 7.68. The Kier molecular flexibility index (Phi) is 5.17. The lowest BCUT2D eigenvalue weighted by molar-refractivity contribution is 0.602. The molecule has 0 saturated carbocycles. The Hall–Kier alpha value is -1.12. The van der Waals surface area contributed by atoms with E-state index < -0.39 is 0 Å². The van der Waals surface area contributed by atoms with Crippen LogP contribution in [0.2, 0.25) is 0 Å². The first-order chi connectivity index (χ1) is 9.26. The molecule has 0 aliphatic carbocycles. The van der Waals surface area contributed by atoms with Crippen LogP contribution in [0.1, 0.15) is 47.2 Å². The minimum atomic E-state index is 0.342. The topological polar surface area (TPSA) is 12.0 Å². The molecule has 1 unspecified atom stereocenters. The van der Waals surface area contributed by atoms with Crippen molar-refractivity contribution < 1.29 is 0 Å². The highest BCUT2D eigenvalue weighted by Crippen LogP contribution is 2.30. The normalized spacial score (nSPS) is 12.6. The molecule has 1 nitrogen and oxygen atoms in total. The van der Waals surface area contributed by atoms with E-state index in [9.17, 15) is 0 Å². The van der Waals surface area contributed by atoms with Gasteiger partial charge in [0.2, 0.25) is 0 Å². The van der Waals surface area contributed by atoms with Gasteiger partial charge < -0.3 is 5.32 Å². The van der Waals surface area contributed by atoms with Gasteiger partial charge in [0, 0.05) is 9.75 Å². The highest BCUT2D eigenvalue weighted by molar-refractivity contribution is 7.12. The third kappa shape index (κ3) is 3.46. The van der Waals surface area contributed by atoms with E-state index in [0.29, 0.717) is 6.04 Å². The summed E-state index contributed by atoms with van der Waals surface area (Å²) < 4.78 is 0. The fourth-order valence-electron chi connectivity index (χ4n) is 2.40. The van der Waals surface area contributed by atoms with Crippen LogP contribution in [0.25, 0.3) is 0 Å². The van der Waals surface area contributed by atoms with Crippen molar-refractivity contribution in [1.29, 1.82) is 0 Å². The molecule has 0 spiro atoms. The van der Waals surface area contributed by atoms with Crippen LogP contribution in [0.15, 0.2) is 36.4 Å². The quantitative estimate of drug-likeness (QED) is 0.804. The second-order valence-corrected chi connectivity index (χ2v) is 6.21. The summed E-state index contributed by atoms with van der Waals surface area (Å²) in [5, 5.41) is 3.70. The molecule has 0 aliphatic heterocycles. The molecule has 1 heterocycles. The van der Waals surface area contributed by atoms with Gasteiger partial charge in [-0.15, -0.1) is 11.3 Å². The first-order valence-corrected chi connectivity index (χ1v) is 7.95. The monoisotopic (exact) mass is 273 g/mol. The first kappa shape index (κ1) is 14.3. The number of hydrogen-bond acceptors (Lipinski definition) is 2. The number of benzene rings is 1. The second kappa shape index (κ2) is 6.88. The fourth-order valence-corrected chi connectivity index (χ4v) is 3.37. The number of nitrogens with one attached hydrogen (secondary N) is 1. The molecule has 0 saturated heterocycles. The summed E-state index contributed by atoms with van der Waals surface area (Å²) in [6.07, 6.45) is 2.25. The molecule has 0 bridgehead atoms. The molecule has 2 rings (SSSR count). The Morgan fingerprint density at radius 1 is 1.11 bits per heavy atom. The Morgan fingerprint density at radius 3 is 2.53 bits per heavy atom. The number of thiophene rings is 1. The van der Waals surface area contributed by atoms with Gasteiger partial charge in [-0.2, -0.15) is 0 Å². The zero-order chi connectivity index (χ0) is 13.7. The number of aryl methyl sites for hydroxylation is 2. The van der Waals surface area contributed by atoms with Crippen molar-refractivity contribution in [1.82, 2.24) is 5.32 Å². The second-order valence-electron chi connectivity index (χ2n) is 4.89. The van der Waals surface area contributed by atoms with Crippen LogP contribution in [-0.2, 0) is 6.42 Å². The van der Waals surface area contributed by atoms with Crippen molar-refractivity contribution in [3.05, 3.63) is 57.3 Å². The average molecular weight is 273 g/mol. The van der Waals surface area contributed by atoms with Crippen molar-refractivity contribution in [2.75, 3.05) is 6.54 Å². The van der Waals surface area contributed by atoms with Gasteiger partial charge in [0.15, 0.2) is 0 Å². The molecule has 19 heavy (non-hydrogen) atoms. The third-order valence-corrected chi connectivity index (χ3v) is 4.46. The molecule has 1 atom stereocenters. The zero-order valence-electron chi connectivity index (χ0n) is 12.1. The largest absolute Gasteiger partial charge is 0.306 e. The molecular formula is C17H23NS. The van der Waals surface area contributed by atoms with E-state index in [2.05, 4.69) is 62.5 Å². The number of hydrogen-bond donors (Lipinski definition) is 1. The Balaban J connectivity index is 2.36. The van der Waals surface area contributed by atoms with Crippen LogP contribution in [0.5, 0.6) is 0 Å². The van der Waals surface area contributed by atoms with Gasteiger partial charge in [0.1, 0.15) is 0 Å². The van der Waals surface area contributed by atoms with Crippen molar-refractivity contribution in [3.63, 3.8) is 0 Å². The van der Waals surface area contributed by atoms with Gasteiger partial charge in [-0.25, -0.2) is 0 Å². The van der Waals surface area contributed by atoms with Crippen LogP contribution in [0, 0.1) is 6.92 Å². The fraction of sp³-hybridized carbons (Fsp3) is 0.412. The van der Waals surface area contributed by atoms with Crippen molar-refractivity contribution in [2.24, 2.45) is 0 Å². The predicted octanol–water partition coefficient (Wildman–Crippen LogP) is 4.71. The highest BCUT2D eigenvalue weighted by atomic mass is 32.1. The molecule has 1 aromatic heterocycles. The van der Waals surface area contributed by atoms with Crippen LogP contribution in [0.4, 0.5) is 0 Å². The third-order valence-electron chi connectivity index (χ3n) is 3.39. The van der Waals surface area contributed by atoms with Gasteiger partial charge in [-0.1, -0.05) is 38.1 Å². The standard InChI is InChI=1S/C17H23NS/c1-4-12-18-17(16-11-10-13(3)19-16)15-9-7-6-8-14(15)5-2/h6-11,17-18H,4-5,12H2,1-3H3. The maximum atomic E-state index is 3.70. The van der Waals surface area contributed by atoms with Crippen molar-refractivity contribution >= 4 is 11.3 Å². The van der Waals surface area contributed by atoms with Gasteiger partial charge in [-0.3, -0.25) is 0 Å². The minimum absolute atomic E-state index is 0.342. The highest BCUT2D eigenvalue weighted by Gasteiger charge is 2.17. The Bertz CT molecular complexity index is 515. The molecule has 1 N–H and O–H groups in total. The smallest absolute Gasteiger partial charge is 0.0673 e. The van der Waals surface area contributed by atoms with E-state index >= 15 is 0 Å². The molecule has 0 fully saturated rings. The molecule has 2 heteroatoms.